The molecule has 0 aliphatic heterocycles. The second-order valence-corrected chi connectivity index (χ2v) is 2.93. The Labute approximate surface area is 77.7 Å². The number of methoxy groups -OCH3 is 1. The maximum Gasteiger partial charge on any atom is 0.142 e. The van der Waals surface area contributed by atoms with Crippen LogP contribution in [0.4, 0.5) is 4.39 Å². The van der Waals surface area contributed by atoms with E-state index in [0.29, 0.717) is 10.2 Å². The highest BCUT2D eigenvalue weighted by molar-refractivity contribution is 9.10. The molecule has 0 heterocycles. The molecule has 1 aromatic carbocycles. The molecular weight excluding hydrogens is 225 g/mol. The third-order valence-corrected chi connectivity index (χ3v) is 1.98. The first-order valence-corrected chi connectivity index (χ1v) is 3.91. The van der Waals surface area contributed by atoms with E-state index in [1.165, 1.54) is 19.2 Å². The molecule has 2 nitrogen and oxygen atoms in total. The Balaban J connectivity index is 3.30. The molecule has 0 saturated carbocycles. The van der Waals surface area contributed by atoms with E-state index >= 15 is 0 Å². The molecular formula is C8H5BrFNO. The number of rotatable bonds is 1. The molecule has 0 fully saturated rings. The van der Waals surface area contributed by atoms with Gasteiger partial charge in [-0.3, -0.25) is 0 Å². The van der Waals surface area contributed by atoms with Gasteiger partial charge in [-0.15, -0.1) is 0 Å². The number of hydrogen-bond acceptors (Lipinski definition) is 2. The second kappa shape index (κ2) is 3.55. The van der Waals surface area contributed by atoms with Crippen LogP contribution in [0.15, 0.2) is 16.6 Å². The molecule has 0 N–H and O–H groups in total. The van der Waals surface area contributed by atoms with Gasteiger partial charge in [0.1, 0.15) is 17.6 Å². The fraction of sp³-hybridized carbons (Fsp3) is 0.125. The average molecular weight is 230 g/mol. The van der Waals surface area contributed by atoms with Crippen LogP contribution in [0.2, 0.25) is 0 Å². The summed E-state index contributed by atoms with van der Waals surface area (Å²) in [4.78, 5) is 0. The molecule has 0 radical (unpaired) electrons. The summed E-state index contributed by atoms with van der Waals surface area (Å²) in [6, 6.07) is 4.27. The van der Waals surface area contributed by atoms with Gasteiger partial charge in [0.2, 0.25) is 0 Å². The van der Waals surface area contributed by atoms with Crippen molar-refractivity contribution in [3.63, 3.8) is 0 Å². The van der Waals surface area contributed by atoms with E-state index in [-0.39, 0.29) is 5.56 Å². The van der Waals surface area contributed by atoms with Crippen molar-refractivity contribution < 1.29 is 9.13 Å². The Kier molecular flexibility index (Phi) is 2.66. The summed E-state index contributed by atoms with van der Waals surface area (Å²) in [5.74, 6) is -0.0990. The Morgan fingerprint density at radius 2 is 2.25 bits per heavy atom. The molecule has 4 heteroatoms. The predicted octanol–water partition coefficient (Wildman–Crippen LogP) is 2.47. The van der Waals surface area contributed by atoms with E-state index in [1.54, 1.807) is 6.07 Å². The molecule has 1 aromatic rings. The highest BCUT2D eigenvalue weighted by Gasteiger charge is 2.07. The van der Waals surface area contributed by atoms with Gasteiger partial charge in [0.05, 0.1) is 17.1 Å². The van der Waals surface area contributed by atoms with Crippen molar-refractivity contribution in [3.05, 3.63) is 28.0 Å². The van der Waals surface area contributed by atoms with Crippen LogP contribution in [0.25, 0.3) is 0 Å². The van der Waals surface area contributed by atoms with Crippen molar-refractivity contribution in [1.29, 1.82) is 5.26 Å². The molecule has 0 aromatic heterocycles. The third kappa shape index (κ3) is 1.56. The number of ether oxygens (including phenoxy) is 1. The van der Waals surface area contributed by atoms with E-state index < -0.39 is 5.82 Å². The van der Waals surface area contributed by atoms with Gasteiger partial charge in [-0.1, -0.05) is 0 Å². The number of nitriles is 1. The lowest BCUT2D eigenvalue weighted by Gasteiger charge is -2.02. The topological polar surface area (TPSA) is 33.0 Å². The minimum Gasteiger partial charge on any atom is -0.496 e. The molecule has 0 amide bonds. The maximum atomic E-state index is 12.9. The Morgan fingerprint density at radius 3 is 2.75 bits per heavy atom. The SMILES string of the molecule is COc1cc(C#N)c(F)cc1Br. The predicted molar refractivity (Wildman–Crippen MR) is 45.4 cm³/mol. The third-order valence-electron chi connectivity index (χ3n) is 1.36. The lowest BCUT2D eigenvalue weighted by atomic mass is 10.2. The van der Waals surface area contributed by atoms with Crippen LogP contribution in [0.3, 0.4) is 0 Å². The van der Waals surface area contributed by atoms with Gasteiger partial charge in [-0.05, 0) is 22.0 Å². The molecule has 0 aliphatic carbocycles. The number of nitrogens with zero attached hydrogens (tertiary/aromatic N) is 1. The zero-order chi connectivity index (χ0) is 9.14. The highest BCUT2D eigenvalue weighted by Crippen LogP contribution is 2.27. The first kappa shape index (κ1) is 9.01. The van der Waals surface area contributed by atoms with Crippen molar-refractivity contribution in [3.8, 4) is 11.8 Å². The number of benzene rings is 1. The monoisotopic (exact) mass is 229 g/mol. The van der Waals surface area contributed by atoms with E-state index in [9.17, 15) is 4.39 Å². The maximum absolute atomic E-state index is 12.9. The molecule has 0 unspecified atom stereocenters. The first-order valence-electron chi connectivity index (χ1n) is 3.12. The van der Waals surface area contributed by atoms with Gasteiger partial charge in [-0.25, -0.2) is 4.39 Å². The van der Waals surface area contributed by atoms with Gasteiger partial charge < -0.3 is 4.74 Å². The molecule has 0 saturated heterocycles. The van der Waals surface area contributed by atoms with E-state index in [0.717, 1.165) is 0 Å². The summed E-state index contributed by atoms with van der Waals surface area (Å²) in [6.45, 7) is 0. The number of halogens is 2. The summed E-state index contributed by atoms with van der Waals surface area (Å²) < 4.78 is 18.2. The molecule has 0 bridgehead atoms. The summed E-state index contributed by atoms with van der Waals surface area (Å²) in [6.07, 6.45) is 0. The standard InChI is InChI=1S/C8H5BrFNO/c1-12-8-2-5(4-11)7(10)3-6(8)9/h2-3H,1H3. The second-order valence-electron chi connectivity index (χ2n) is 2.08. The summed E-state index contributed by atoms with van der Waals surface area (Å²) in [5.41, 5.74) is -0.0185. The molecule has 0 aliphatic rings. The Morgan fingerprint density at radius 1 is 1.58 bits per heavy atom. The van der Waals surface area contributed by atoms with Crippen LogP contribution in [0.1, 0.15) is 5.56 Å². The van der Waals surface area contributed by atoms with E-state index in [4.69, 9.17) is 10.00 Å². The molecule has 12 heavy (non-hydrogen) atoms. The Bertz CT molecular complexity index is 346. The van der Waals surface area contributed by atoms with Crippen molar-refractivity contribution in [2.24, 2.45) is 0 Å². The molecule has 0 atom stereocenters. The van der Waals surface area contributed by atoms with Crippen LogP contribution in [0.5, 0.6) is 5.75 Å². The number of hydrogen-bond donors (Lipinski definition) is 0. The van der Waals surface area contributed by atoms with Gasteiger partial charge in [0.25, 0.3) is 0 Å². The quantitative estimate of drug-likeness (QED) is 0.742. The lowest BCUT2D eigenvalue weighted by Crippen LogP contribution is -1.89. The normalized spacial score (nSPS) is 9.17. The molecule has 62 valence electrons. The van der Waals surface area contributed by atoms with Gasteiger partial charge >= 0.3 is 0 Å². The summed E-state index contributed by atoms with van der Waals surface area (Å²) >= 11 is 3.10. The van der Waals surface area contributed by atoms with Crippen molar-refractivity contribution in [2.45, 2.75) is 0 Å². The van der Waals surface area contributed by atoms with E-state index in [2.05, 4.69) is 15.9 Å². The summed E-state index contributed by atoms with van der Waals surface area (Å²) in [7, 11) is 1.46. The van der Waals surface area contributed by atoms with E-state index in [1.807, 2.05) is 0 Å². The minimum atomic E-state index is -0.551. The largest absolute Gasteiger partial charge is 0.496 e. The van der Waals surface area contributed by atoms with Crippen molar-refractivity contribution in [2.75, 3.05) is 7.11 Å². The molecule has 0 spiro atoms. The Hall–Kier alpha value is -1.08. The lowest BCUT2D eigenvalue weighted by molar-refractivity contribution is 0.410. The zero-order valence-corrected chi connectivity index (χ0v) is 7.85. The summed E-state index contributed by atoms with van der Waals surface area (Å²) in [5, 5.41) is 8.47. The van der Waals surface area contributed by atoms with Crippen LogP contribution in [0, 0.1) is 17.1 Å². The smallest absolute Gasteiger partial charge is 0.142 e. The van der Waals surface area contributed by atoms with Crippen LogP contribution >= 0.6 is 15.9 Å². The zero-order valence-electron chi connectivity index (χ0n) is 6.27. The van der Waals surface area contributed by atoms with Crippen LogP contribution in [-0.4, -0.2) is 7.11 Å². The fourth-order valence-corrected chi connectivity index (χ4v) is 1.25. The highest BCUT2D eigenvalue weighted by atomic mass is 79.9. The van der Waals surface area contributed by atoms with Gasteiger partial charge in [0, 0.05) is 6.07 Å². The molecule has 1 rings (SSSR count). The van der Waals surface area contributed by atoms with Crippen LogP contribution in [-0.2, 0) is 0 Å². The van der Waals surface area contributed by atoms with Gasteiger partial charge in [-0.2, -0.15) is 5.26 Å². The first-order chi connectivity index (χ1) is 5.69. The van der Waals surface area contributed by atoms with Gasteiger partial charge in [0.15, 0.2) is 0 Å². The minimum absolute atomic E-state index is 0.0185. The fourth-order valence-electron chi connectivity index (χ4n) is 0.771. The average Bonchev–Trinajstić information content (AvgIpc) is 2.05. The van der Waals surface area contributed by atoms with Crippen molar-refractivity contribution in [1.82, 2.24) is 0 Å². The van der Waals surface area contributed by atoms with Crippen LogP contribution < -0.4 is 4.74 Å². The van der Waals surface area contributed by atoms with Crippen molar-refractivity contribution >= 4 is 15.9 Å².